The number of rotatable bonds is 8. The molecule has 0 saturated heterocycles. The van der Waals surface area contributed by atoms with Crippen molar-refractivity contribution in [1.82, 2.24) is 5.32 Å². The molecule has 1 aliphatic carbocycles. The standard InChI is InChI=1S/C13H26N2O/c1-13(11-14,8-10-16-2)15-9-7-12-5-3-4-6-12/h5,15H,3-4,6-11,14H2,1-2H3. The zero-order valence-corrected chi connectivity index (χ0v) is 10.7. The summed E-state index contributed by atoms with van der Waals surface area (Å²) in [7, 11) is 1.74. The van der Waals surface area contributed by atoms with Crippen molar-refractivity contribution in [2.45, 2.75) is 44.6 Å². The summed E-state index contributed by atoms with van der Waals surface area (Å²) < 4.78 is 5.11. The highest BCUT2D eigenvalue weighted by Crippen LogP contribution is 2.20. The van der Waals surface area contributed by atoms with Crippen molar-refractivity contribution in [2.75, 3.05) is 26.8 Å². The summed E-state index contributed by atoms with van der Waals surface area (Å²) in [6, 6.07) is 0. The lowest BCUT2D eigenvalue weighted by molar-refractivity contribution is 0.162. The van der Waals surface area contributed by atoms with Crippen LogP contribution in [0.15, 0.2) is 11.6 Å². The second kappa shape index (κ2) is 7.05. The Labute approximate surface area is 99.4 Å². The highest BCUT2D eigenvalue weighted by Gasteiger charge is 2.21. The van der Waals surface area contributed by atoms with Gasteiger partial charge in [-0.3, -0.25) is 0 Å². The average Bonchev–Trinajstić information content (AvgIpc) is 2.79. The molecule has 0 aromatic carbocycles. The van der Waals surface area contributed by atoms with Crippen LogP contribution in [0.25, 0.3) is 0 Å². The first-order chi connectivity index (χ1) is 7.70. The third kappa shape index (κ3) is 4.64. The van der Waals surface area contributed by atoms with E-state index in [1.165, 1.54) is 25.7 Å². The van der Waals surface area contributed by atoms with Crippen molar-refractivity contribution in [3.8, 4) is 0 Å². The first kappa shape index (κ1) is 13.7. The molecule has 94 valence electrons. The van der Waals surface area contributed by atoms with Crippen LogP contribution in [0.1, 0.15) is 39.0 Å². The molecule has 1 atom stereocenters. The van der Waals surface area contributed by atoms with Gasteiger partial charge in [-0.1, -0.05) is 11.6 Å². The Morgan fingerprint density at radius 2 is 2.38 bits per heavy atom. The molecule has 3 nitrogen and oxygen atoms in total. The zero-order chi connectivity index (χ0) is 11.9. The Hall–Kier alpha value is -0.380. The van der Waals surface area contributed by atoms with E-state index in [1.54, 1.807) is 12.7 Å². The number of nitrogens with two attached hydrogens (primary N) is 1. The van der Waals surface area contributed by atoms with E-state index in [0.29, 0.717) is 6.54 Å². The third-order valence-electron chi connectivity index (χ3n) is 3.44. The van der Waals surface area contributed by atoms with Crippen molar-refractivity contribution in [1.29, 1.82) is 0 Å². The number of nitrogens with one attached hydrogen (secondary N) is 1. The molecule has 0 amide bonds. The van der Waals surface area contributed by atoms with Gasteiger partial charge in [-0.15, -0.1) is 0 Å². The van der Waals surface area contributed by atoms with Gasteiger partial charge in [-0.2, -0.15) is 0 Å². The Morgan fingerprint density at radius 1 is 1.56 bits per heavy atom. The Bertz CT molecular complexity index is 228. The fourth-order valence-corrected chi connectivity index (χ4v) is 2.08. The van der Waals surface area contributed by atoms with Gasteiger partial charge < -0.3 is 15.8 Å². The van der Waals surface area contributed by atoms with E-state index >= 15 is 0 Å². The van der Waals surface area contributed by atoms with Crippen LogP contribution in [-0.4, -0.2) is 32.3 Å². The van der Waals surface area contributed by atoms with Gasteiger partial charge in [-0.05, 0) is 45.6 Å². The Balaban J connectivity index is 2.21. The summed E-state index contributed by atoms with van der Waals surface area (Å²) in [5, 5.41) is 3.56. The van der Waals surface area contributed by atoms with Gasteiger partial charge in [0.25, 0.3) is 0 Å². The second-order valence-electron chi connectivity index (χ2n) is 4.94. The molecule has 1 rings (SSSR count). The SMILES string of the molecule is COCCC(C)(CN)NCCC1=CCCC1. The molecule has 0 bridgehead atoms. The predicted octanol–water partition coefficient (Wildman–Crippen LogP) is 1.83. The first-order valence-corrected chi connectivity index (χ1v) is 6.32. The summed E-state index contributed by atoms with van der Waals surface area (Å²) in [4.78, 5) is 0. The molecule has 1 unspecified atom stereocenters. The van der Waals surface area contributed by atoms with Crippen LogP contribution in [0.2, 0.25) is 0 Å². The third-order valence-corrected chi connectivity index (χ3v) is 3.44. The summed E-state index contributed by atoms with van der Waals surface area (Å²) in [5.41, 5.74) is 7.44. The Kier molecular flexibility index (Phi) is 6.03. The molecular weight excluding hydrogens is 200 g/mol. The molecule has 0 aliphatic heterocycles. The van der Waals surface area contributed by atoms with Crippen LogP contribution in [0.5, 0.6) is 0 Å². The molecule has 0 heterocycles. The fourth-order valence-electron chi connectivity index (χ4n) is 2.08. The van der Waals surface area contributed by atoms with E-state index in [2.05, 4.69) is 18.3 Å². The van der Waals surface area contributed by atoms with Crippen molar-refractivity contribution in [3.05, 3.63) is 11.6 Å². The summed E-state index contributed by atoms with van der Waals surface area (Å²) in [5.74, 6) is 0. The second-order valence-corrected chi connectivity index (χ2v) is 4.94. The topological polar surface area (TPSA) is 47.3 Å². The number of methoxy groups -OCH3 is 1. The van der Waals surface area contributed by atoms with Crippen LogP contribution < -0.4 is 11.1 Å². The molecule has 0 radical (unpaired) electrons. The Morgan fingerprint density at radius 3 is 2.94 bits per heavy atom. The van der Waals surface area contributed by atoms with Gasteiger partial charge in [0.15, 0.2) is 0 Å². The number of ether oxygens (including phenoxy) is 1. The lowest BCUT2D eigenvalue weighted by Crippen LogP contribution is -2.49. The highest BCUT2D eigenvalue weighted by molar-refractivity contribution is 5.07. The molecule has 0 aromatic heterocycles. The zero-order valence-electron chi connectivity index (χ0n) is 10.7. The van der Waals surface area contributed by atoms with Gasteiger partial charge in [0.1, 0.15) is 0 Å². The van der Waals surface area contributed by atoms with E-state index in [0.717, 1.165) is 19.6 Å². The van der Waals surface area contributed by atoms with E-state index in [9.17, 15) is 0 Å². The summed E-state index contributed by atoms with van der Waals surface area (Å²) >= 11 is 0. The average molecular weight is 226 g/mol. The van der Waals surface area contributed by atoms with E-state index < -0.39 is 0 Å². The van der Waals surface area contributed by atoms with Crippen molar-refractivity contribution in [2.24, 2.45) is 5.73 Å². The molecule has 3 N–H and O–H groups in total. The van der Waals surface area contributed by atoms with Crippen LogP contribution >= 0.6 is 0 Å². The maximum Gasteiger partial charge on any atom is 0.0480 e. The van der Waals surface area contributed by atoms with E-state index in [1.807, 2.05) is 0 Å². The van der Waals surface area contributed by atoms with Gasteiger partial charge in [-0.25, -0.2) is 0 Å². The number of allylic oxidation sites excluding steroid dienone is 1. The normalized spacial score (nSPS) is 19.6. The van der Waals surface area contributed by atoms with Crippen molar-refractivity contribution in [3.63, 3.8) is 0 Å². The lowest BCUT2D eigenvalue weighted by atomic mass is 9.98. The number of hydrogen-bond acceptors (Lipinski definition) is 3. The van der Waals surface area contributed by atoms with Crippen molar-refractivity contribution < 1.29 is 4.74 Å². The molecule has 0 fully saturated rings. The maximum absolute atomic E-state index is 5.81. The van der Waals surface area contributed by atoms with Gasteiger partial charge in [0.05, 0.1) is 0 Å². The quantitative estimate of drug-likeness (QED) is 0.621. The molecule has 0 aromatic rings. The monoisotopic (exact) mass is 226 g/mol. The number of hydrogen-bond donors (Lipinski definition) is 2. The predicted molar refractivity (Wildman–Crippen MR) is 68.5 cm³/mol. The van der Waals surface area contributed by atoms with Crippen molar-refractivity contribution >= 4 is 0 Å². The molecule has 1 aliphatic rings. The molecular formula is C13H26N2O. The maximum atomic E-state index is 5.81. The van der Waals surface area contributed by atoms with E-state index in [4.69, 9.17) is 10.5 Å². The molecule has 16 heavy (non-hydrogen) atoms. The largest absolute Gasteiger partial charge is 0.385 e. The van der Waals surface area contributed by atoms with Crippen LogP contribution in [0.3, 0.4) is 0 Å². The van der Waals surface area contributed by atoms with Crippen LogP contribution in [0.4, 0.5) is 0 Å². The van der Waals surface area contributed by atoms with Crippen LogP contribution in [0, 0.1) is 0 Å². The molecule has 3 heteroatoms. The lowest BCUT2D eigenvalue weighted by Gasteiger charge is -2.29. The van der Waals surface area contributed by atoms with Gasteiger partial charge in [0, 0.05) is 25.8 Å². The molecule has 0 spiro atoms. The highest BCUT2D eigenvalue weighted by atomic mass is 16.5. The van der Waals surface area contributed by atoms with Gasteiger partial charge >= 0.3 is 0 Å². The molecule has 0 saturated carbocycles. The van der Waals surface area contributed by atoms with E-state index in [-0.39, 0.29) is 5.54 Å². The van der Waals surface area contributed by atoms with Crippen LogP contribution in [-0.2, 0) is 4.74 Å². The first-order valence-electron chi connectivity index (χ1n) is 6.32. The fraction of sp³-hybridized carbons (Fsp3) is 0.846. The minimum absolute atomic E-state index is 0.0230. The van der Waals surface area contributed by atoms with Gasteiger partial charge in [0.2, 0.25) is 0 Å². The summed E-state index contributed by atoms with van der Waals surface area (Å²) in [6.07, 6.45) is 8.43. The smallest absolute Gasteiger partial charge is 0.0480 e. The minimum Gasteiger partial charge on any atom is -0.385 e. The summed E-state index contributed by atoms with van der Waals surface area (Å²) in [6.45, 7) is 4.64. The minimum atomic E-state index is 0.0230.